The van der Waals surface area contributed by atoms with Crippen molar-refractivity contribution < 1.29 is 0 Å². The van der Waals surface area contributed by atoms with Gasteiger partial charge in [0.25, 0.3) is 0 Å². The summed E-state index contributed by atoms with van der Waals surface area (Å²) in [6.45, 7) is 31.8. The van der Waals surface area contributed by atoms with Crippen LogP contribution < -0.4 is 0 Å². The molecule has 69 heavy (non-hydrogen) atoms. The fraction of sp³-hybridized carbons (Fsp3) is 0.531. The van der Waals surface area contributed by atoms with Gasteiger partial charge in [0, 0.05) is 28.5 Å². The van der Waals surface area contributed by atoms with Gasteiger partial charge < -0.3 is 9.80 Å². The molecule has 10 rings (SSSR count). The predicted molar refractivity (Wildman–Crippen MR) is 301 cm³/mol. The number of piperidine rings is 2. The molecule has 2 aromatic heterocycles. The highest BCUT2D eigenvalue weighted by Gasteiger charge is 2.37. The Morgan fingerprint density at radius 1 is 0.536 bits per heavy atom. The van der Waals surface area contributed by atoms with Crippen molar-refractivity contribution in [2.75, 3.05) is 26.2 Å². The van der Waals surface area contributed by atoms with Crippen molar-refractivity contribution >= 4 is 22.4 Å². The zero-order valence-electron chi connectivity index (χ0n) is 45.1. The van der Waals surface area contributed by atoms with E-state index in [1.54, 1.807) is 22.7 Å². The summed E-state index contributed by atoms with van der Waals surface area (Å²) in [6.07, 6.45) is 15.9. The number of rotatable bonds is 8. The van der Waals surface area contributed by atoms with Crippen LogP contribution in [0.25, 0.3) is 10.9 Å². The molecule has 4 fully saturated rings. The molecular formula is C64H90N4S. The van der Waals surface area contributed by atoms with Gasteiger partial charge in [0.05, 0.1) is 11.2 Å². The summed E-state index contributed by atoms with van der Waals surface area (Å²) in [4.78, 5) is 11.1. The van der Waals surface area contributed by atoms with Gasteiger partial charge in [-0.25, -0.2) is 0 Å². The Balaban J connectivity index is 0.000000148. The zero-order valence-corrected chi connectivity index (χ0v) is 45.9. The monoisotopic (exact) mass is 947 g/mol. The summed E-state index contributed by atoms with van der Waals surface area (Å²) < 4.78 is 4.18. The van der Waals surface area contributed by atoms with E-state index < -0.39 is 0 Å². The van der Waals surface area contributed by atoms with E-state index in [0.29, 0.717) is 29.1 Å². The lowest BCUT2D eigenvalue weighted by atomic mass is 9.74. The lowest BCUT2D eigenvalue weighted by molar-refractivity contribution is 0.154. The van der Waals surface area contributed by atoms with Crippen molar-refractivity contribution in [2.45, 2.75) is 194 Å². The zero-order chi connectivity index (χ0) is 49.5. The van der Waals surface area contributed by atoms with Crippen molar-refractivity contribution in [2.24, 2.45) is 0 Å². The molecule has 0 unspecified atom stereocenters. The van der Waals surface area contributed by atoms with E-state index in [9.17, 15) is 0 Å². The van der Waals surface area contributed by atoms with Gasteiger partial charge in [0.15, 0.2) is 0 Å². The molecule has 2 saturated carbocycles. The van der Waals surface area contributed by atoms with Crippen LogP contribution in [0, 0.1) is 20.8 Å². The maximum atomic E-state index is 4.28. The van der Waals surface area contributed by atoms with Crippen molar-refractivity contribution in [3.63, 3.8) is 0 Å². The highest BCUT2D eigenvalue weighted by molar-refractivity contribution is 7.05. The second kappa shape index (κ2) is 26.3. The van der Waals surface area contributed by atoms with Gasteiger partial charge in [-0.05, 0) is 197 Å². The molecule has 4 aliphatic rings. The largest absolute Gasteiger partial charge is 0.300 e. The molecule has 4 aromatic carbocycles. The third-order valence-corrected chi connectivity index (χ3v) is 16.6. The van der Waals surface area contributed by atoms with Gasteiger partial charge in [-0.2, -0.15) is 4.37 Å². The first kappa shape index (κ1) is 54.2. The topological polar surface area (TPSA) is 32.3 Å². The van der Waals surface area contributed by atoms with Crippen LogP contribution in [0.2, 0.25) is 0 Å². The predicted octanol–water partition coefficient (Wildman–Crippen LogP) is 17.5. The van der Waals surface area contributed by atoms with E-state index in [1.165, 1.54) is 128 Å². The fourth-order valence-corrected chi connectivity index (χ4v) is 10.9. The summed E-state index contributed by atoms with van der Waals surface area (Å²) in [5.74, 6) is 3.31. The molecular weight excluding hydrogens is 857 g/mol. The summed E-state index contributed by atoms with van der Waals surface area (Å²) in [7, 11) is 0. The maximum absolute atomic E-state index is 4.28. The average Bonchev–Trinajstić information content (AvgIpc) is 3.86. The molecule has 5 heteroatoms. The second-order valence-electron chi connectivity index (χ2n) is 22.5. The van der Waals surface area contributed by atoms with E-state index in [1.807, 2.05) is 19.2 Å². The SMILES string of the molecule is CC(C)c1ccc(C2(C)CCN(C3CC3)CC2)cc1.CC(C)c1ccc(C2CCN(C3CCCC3)CC2)cc1.CC(C)c1ccc2ncccc2c1.Cc1cc(C(C)C)sn1.Cc1ccc(C)cc1. The summed E-state index contributed by atoms with van der Waals surface area (Å²) in [5.41, 5.74) is 12.7. The molecule has 0 atom stereocenters. The molecule has 372 valence electrons. The second-order valence-corrected chi connectivity index (χ2v) is 23.3. The molecule has 4 heterocycles. The van der Waals surface area contributed by atoms with Crippen LogP contribution in [0.15, 0.2) is 115 Å². The van der Waals surface area contributed by atoms with Gasteiger partial charge in [-0.1, -0.05) is 171 Å². The first-order valence-corrected chi connectivity index (χ1v) is 27.9. The molecule has 0 spiro atoms. The van der Waals surface area contributed by atoms with Gasteiger partial charge in [0.2, 0.25) is 0 Å². The minimum atomic E-state index is 0.404. The smallest absolute Gasteiger partial charge is 0.0702 e. The van der Waals surface area contributed by atoms with Crippen LogP contribution in [0.5, 0.6) is 0 Å². The standard InChI is InChI=1S/C19H29N.C18H27N.C12H13N.C8H10.C7H11NS/c1-15(2)16-7-9-17(10-8-16)18-11-13-20(14-12-18)19-5-3-4-6-19;1-14(2)15-4-6-16(7-5-15)18(3)10-12-19(13-11-18)17-8-9-17;1-9(2)10-5-6-12-11(8-10)4-3-7-13-12;1-7-3-5-8(2)6-4-7;1-5(2)7-4-6(3)8-9-7/h7-10,15,18-19H,3-6,11-14H2,1-2H3;4-7,14,17H,8-13H2,1-3H3;3-9H,1-2H3;3-6H,1-2H3;4-5H,1-3H3. The van der Waals surface area contributed by atoms with Gasteiger partial charge in [-0.15, -0.1) is 0 Å². The Morgan fingerprint density at radius 2 is 1.04 bits per heavy atom. The van der Waals surface area contributed by atoms with Crippen LogP contribution in [-0.4, -0.2) is 57.4 Å². The van der Waals surface area contributed by atoms with Crippen molar-refractivity contribution in [1.82, 2.24) is 19.2 Å². The molecule has 0 bridgehead atoms. The van der Waals surface area contributed by atoms with Crippen molar-refractivity contribution in [3.8, 4) is 0 Å². The molecule has 2 saturated heterocycles. The fourth-order valence-electron chi connectivity index (χ4n) is 10.1. The Kier molecular flexibility index (Phi) is 20.7. The Morgan fingerprint density at radius 3 is 1.52 bits per heavy atom. The van der Waals surface area contributed by atoms with Crippen LogP contribution in [-0.2, 0) is 5.41 Å². The van der Waals surface area contributed by atoms with Gasteiger partial charge in [-0.3, -0.25) is 4.98 Å². The lowest BCUT2D eigenvalue weighted by Crippen LogP contribution is -2.41. The number of likely N-dealkylation sites (tertiary alicyclic amines) is 2. The number of hydrogen-bond acceptors (Lipinski definition) is 5. The molecule has 2 aliphatic carbocycles. The van der Waals surface area contributed by atoms with Crippen LogP contribution in [0.4, 0.5) is 0 Å². The minimum absolute atomic E-state index is 0.404. The molecule has 2 aliphatic heterocycles. The summed E-state index contributed by atoms with van der Waals surface area (Å²) in [6, 6.07) is 41.9. The highest BCUT2D eigenvalue weighted by Crippen LogP contribution is 2.39. The normalized spacial score (nSPS) is 17.7. The number of aromatic nitrogens is 2. The minimum Gasteiger partial charge on any atom is -0.300 e. The first-order valence-electron chi connectivity index (χ1n) is 27.1. The van der Waals surface area contributed by atoms with Crippen LogP contribution in [0.1, 0.15) is 206 Å². The third kappa shape index (κ3) is 16.7. The summed E-state index contributed by atoms with van der Waals surface area (Å²) >= 11 is 1.61. The molecule has 0 N–H and O–H groups in total. The average molecular weight is 948 g/mol. The lowest BCUT2D eigenvalue weighted by Gasteiger charge is -2.40. The van der Waals surface area contributed by atoms with E-state index in [-0.39, 0.29) is 0 Å². The maximum Gasteiger partial charge on any atom is 0.0702 e. The number of aryl methyl sites for hydroxylation is 3. The van der Waals surface area contributed by atoms with Crippen LogP contribution >= 0.6 is 11.5 Å². The highest BCUT2D eigenvalue weighted by atomic mass is 32.1. The molecule has 0 radical (unpaired) electrons. The van der Waals surface area contributed by atoms with E-state index in [2.05, 4.69) is 198 Å². The number of fused-ring (bicyclic) bond motifs is 1. The first-order chi connectivity index (χ1) is 33.1. The van der Waals surface area contributed by atoms with E-state index in [4.69, 9.17) is 0 Å². The molecule has 6 aromatic rings. The van der Waals surface area contributed by atoms with Crippen molar-refractivity contribution in [1.29, 1.82) is 0 Å². The Labute approximate surface area is 424 Å². The Hall–Kier alpha value is -4.16. The van der Waals surface area contributed by atoms with Gasteiger partial charge >= 0.3 is 0 Å². The molecule has 0 amide bonds. The van der Waals surface area contributed by atoms with Crippen molar-refractivity contribution in [3.05, 3.63) is 165 Å². The number of benzene rings is 4. The Bertz CT molecular complexity index is 2340. The summed E-state index contributed by atoms with van der Waals surface area (Å²) in [5, 5.41) is 1.23. The number of nitrogens with zero attached hydrogens (tertiary/aromatic N) is 4. The third-order valence-electron chi connectivity index (χ3n) is 15.4. The van der Waals surface area contributed by atoms with Crippen LogP contribution in [0.3, 0.4) is 0 Å². The molecule has 4 nitrogen and oxygen atoms in total. The number of pyridine rings is 1. The quantitative estimate of drug-likeness (QED) is 0.152. The number of hydrogen-bond donors (Lipinski definition) is 0. The van der Waals surface area contributed by atoms with E-state index in [0.717, 1.165) is 29.2 Å². The van der Waals surface area contributed by atoms with Gasteiger partial charge in [0.1, 0.15) is 0 Å². The van der Waals surface area contributed by atoms with E-state index >= 15 is 0 Å².